The molecule has 0 fully saturated rings. The first kappa shape index (κ1) is 17.6. The van der Waals surface area contributed by atoms with Gasteiger partial charge in [0, 0.05) is 16.9 Å². The van der Waals surface area contributed by atoms with Gasteiger partial charge in [0.05, 0.1) is 12.8 Å². The van der Waals surface area contributed by atoms with Crippen LogP contribution in [-0.2, 0) is 16.6 Å². The van der Waals surface area contributed by atoms with E-state index in [2.05, 4.69) is 20.1 Å². The van der Waals surface area contributed by atoms with Crippen molar-refractivity contribution in [1.82, 2.24) is 14.8 Å². The van der Waals surface area contributed by atoms with Crippen LogP contribution in [0.5, 0.6) is 0 Å². The van der Waals surface area contributed by atoms with Gasteiger partial charge in [-0.1, -0.05) is 12.1 Å². The van der Waals surface area contributed by atoms with Gasteiger partial charge in [0.1, 0.15) is 12.7 Å². The summed E-state index contributed by atoms with van der Waals surface area (Å²) in [5.74, 6) is -0.249. The number of carbonyl (C=O) groups excluding carboxylic acids is 1. The third-order valence-electron chi connectivity index (χ3n) is 3.47. The highest BCUT2D eigenvalue weighted by Crippen LogP contribution is 2.16. The Morgan fingerprint density at radius 2 is 1.69 bits per heavy atom. The molecule has 0 unspecified atom stereocenters. The van der Waals surface area contributed by atoms with Crippen molar-refractivity contribution in [2.45, 2.75) is 6.54 Å². The average Bonchev–Trinajstić information content (AvgIpc) is 3.09. The van der Waals surface area contributed by atoms with Crippen LogP contribution in [0.25, 0.3) is 0 Å². The van der Waals surface area contributed by atoms with Crippen LogP contribution in [0.3, 0.4) is 0 Å². The number of sulfonamides is 1. The topological polar surface area (TPSA) is 106 Å². The molecule has 2 aromatic carbocycles. The zero-order valence-corrected chi connectivity index (χ0v) is 14.8. The molecule has 0 radical (unpaired) electrons. The Morgan fingerprint density at radius 1 is 1.04 bits per heavy atom. The molecule has 0 atom stereocenters. The summed E-state index contributed by atoms with van der Waals surface area (Å²) in [6.07, 6.45) is 4.18. The van der Waals surface area contributed by atoms with Gasteiger partial charge < -0.3 is 5.32 Å². The van der Waals surface area contributed by atoms with Gasteiger partial charge in [-0.2, -0.15) is 5.10 Å². The van der Waals surface area contributed by atoms with Crippen LogP contribution in [0.15, 0.2) is 61.2 Å². The van der Waals surface area contributed by atoms with Crippen molar-refractivity contribution in [2.24, 2.45) is 0 Å². The minimum atomic E-state index is -3.33. The maximum absolute atomic E-state index is 12.3. The van der Waals surface area contributed by atoms with Gasteiger partial charge in [0.2, 0.25) is 10.0 Å². The lowest BCUT2D eigenvalue weighted by atomic mass is 10.1. The first-order valence-electron chi connectivity index (χ1n) is 7.70. The molecular formula is C17H17N5O3S. The van der Waals surface area contributed by atoms with E-state index in [-0.39, 0.29) is 5.91 Å². The van der Waals surface area contributed by atoms with Crippen LogP contribution >= 0.6 is 0 Å². The molecule has 3 aromatic rings. The summed E-state index contributed by atoms with van der Waals surface area (Å²) in [5.41, 5.74) is 2.53. The Hall–Kier alpha value is -3.20. The molecule has 26 heavy (non-hydrogen) atoms. The van der Waals surface area contributed by atoms with Crippen LogP contribution in [0.1, 0.15) is 15.9 Å². The molecule has 0 saturated carbocycles. The molecule has 2 N–H and O–H groups in total. The summed E-state index contributed by atoms with van der Waals surface area (Å²) in [6.45, 7) is 0.580. The lowest BCUT2D eigenvalue weighted by Crippen LogP contribution is -2.12. The number of hydrogen-bond donors (Lipinski definition) is 2. The number of carbonyl (C=O) groups is 1. The van der Waals surface area contributed by atoms with Crippen molar-refractivity contribution in [3.8, 4) is 0 Å². The van der Waals surface area contributed by atoms with Gasteiger partial charge in [-0.25, -0.2) is 18.1 Å². The van der Waals surface area contributed by atoms with Gasteiger partial charge in [0.15, 0.2) is 0 Å². The number of amides is 1. The minimum absolute atomic E-state index is 0.249. The van der Waals surface area contributed by atoms with Crippen molar-refractivity contribution < 1.29 is 13.2 Å². The summed E-state index contributed by atoms with van der Waals surface area (Å²) in [6, 6.07) is 13.6. The van der Waals surface area contributed by atoms with E-state index in [1.54, 1.807) is 47.4 Å². The van der Waals surface area contributed by atoms with Gasteiger partial charge in [-0.3, -0.25) is 9.52 Å². The number of rotatable bonds is 6. The molecule has 3 rings (SSSR count). The van der Waals surface area contributed by atoms with Gasteiger partial charge in [-0.15, -0.1) is 0 Å². The van der Waals surface area contributed by atoms with Crippen LogP contribution in [0.2, 0.25) is 0 Å². The molecule has 0 aliphatic carbocycles. The lowest BCUT2D eigenvalue weighted by Gasteiger charge is -2.08. The summed E-state index contributed by atoms with van der Waals surface area (Å²) < 4.78 is 26.4. The van der Waals surface area contributed by atoms with Crippen LogP contribution < -0.4 is 10.0 Å². The molecular weight excluding hydrogens is 354 g/mol. The number of nitrogens with zero attached hydrogens (tertiary/aromatic N) is 3. The third-order valence-corrected chi connectivity index (χ3v) is 4.08. The third kappa shape index (κ3) is 4.90. The van der Waals surface area contributed by atoms with Gasteiger partial charge >= 0.3 is 0 Å². The SMILES string of the molecule is CS(=O)(=O)Nc1ccc(NC(=O)c2ccc(Cn3cncn3)cc2)cc1. The molecule has 1 amide bonds. The van der Waals surface area contributed by atoms with Crippen molar-refractivity contribution in [2.75, 3.05) is 16.3 Å². The highest BCUT2D eigenvalue weighted by molar-refractivity contribution is 7.92. The van der Waals surface area contributed by atoms with E-state index in [0.717, 1.165) is 11.8 Å². The molecule has 9 heteroatoms. The van der Waals surface area contributed by atoms with E-state index < -0.39 is 10.0 Å². The maximum atomic E-state index is 12.3. The fourth-order valence-electron chi connectivity index (χ4n) is 2.30. The minimum Gasteiger partial charge on any atom is -0.322 e. The monoisotopic (exact) mass is 371 g/mol. The number of nitrogens with one attached hydrogen (secondary N) is 2. The number of hydrogen-bond acceptors (Lipinski definition) is 5. The van der Waals surface area contributed by atoms with Crippen molar-refractivity contribution in [3.63, 3.8) is 0 Å². The second kappa shape index (κ2) is 7.36. The van der Waals surface area contributed by atoms with E-state index in [1.807, 2.05) is 12.1 Å². The van der Waals surface area contributed by atoms with E-state index in [0.29, 0.717) is 23.5 Å². The van der Waals surface area contributed by atoms with E-state index in [1.165, 1.54) is 6.33 Å². The summed E-state index contributed by atoms with van der Waals surface area (Å²) in [5, 5.41) is 6.81. The molecule has 8 nitrogen and oxygen atoms in total. The molecule has 134 valence electrons. The first-order valence-corrected chi connectivity index (χ1v) is 9.59. The second-order valence-corrected chi connectivity index (χ2v) is 7.44. The van der Waals surface area contributed by atoms with Crippen LogP contribution in [0, 0.1) is 0 Å². The van der Waals surface area contributed by atoms with Gasteiger partial charge in [0.25, 0.3) is 5.91 Å². The largest absolute Gasteiger partial charge is 0.322 e. The van der Waals surface area contributed by atoms with Crippen LogP contribution in [0.4, 0.5) is 11.4 Å². The smallest absolute Gasteiger partial charge is 0.255 e. The second-order valence-electron chi connectivity index (χ2n) is 5.70. The Bertz CT molecular complexity index is 982. The van der Waals surface area contributed by atoms with Crippen LogP contribution in [-0.4, -0.2) is 35.3 Å². The molecule has 0 saturated heterocycles. The normalized spacial score (nSPS) is 11.1. The number of benzene rings is 2. The summed E-state index contributed by atoms with van der Waals surface area (Å²) in [7, 11) is -3.33. The predicted molar refractivity (Wildman–Crippen MR) is 98.4 cm³/mol. The zero-order valence-electron chi connectivity index (χ0n) is 14.0. The predicted octanol–water partition coefficient (Wildman–Crippen LogP) is 1.95. The Labute approximate surface area is 150 Å². The van der Waals surface area contributed by atoms with Gasteiger partial charge in [-0.05, 0) is 42.0 Å². The molecule has 1 aromatic heterocycles. The van der Waals surface area contributed by atoms with E-state index in [9.17, 15) is 13.2 Å². The molecule has 0 aliphatic heterocycles. The highest BCUT2D eigenvalue weighted by atomic mass is 32.2. The Kier molecular flexibility index (Phi) is 4.99. The summed E-state index contributed by atoms with van der Waals surface area (Å²) in [4.78, 5) is 16.2. The quantitative estimate of drug-likeness (QED) is 0.689. The van der Waals surface area contributed by atoms with Crippen molar-refractivity contribution in [1.29, 1.82) is 0 Å². The summed E-state index contributed by atoms with van der Waals surface area (Å²) >= 11 is 0. The molecule has 0 bridgehead atoms. The fraction of sp³-hybridized carbons (Fsp3) is 0.118. The Balaban J connectivity index is 1.62. The lowest BCUT2D eigenvalue weighted by molar-refractivity contribution is 0.102. The average molecular weight is 371 g/mol. The van der Waals surface area contributed by atoms with Crippen molar-refractivity contribution >= 4 is 27.3 Å². The number of aromatic nitrogens is 3. The molecule has 1 heterocycles. The van der Waals surface area contributed by atoms with E-state index >= 15 is 0 Å². The van der Waals surface area contributed by atoms with E-state index in [4.69, 9.17) is 0 Å². The Morgan fingerprint density at radius 3 is 2.27 bits per heavy atom. The zero-order chi connectivity index (χ0) is 18.6. The molecule has 0 aliphatic rings. The fourth-order valence-corrected chi connectivity index (χ4v) is 2.87. The highest BCUT2D eigenvalue weighted by Gasteiger charge is 2.07. The first-order chi connectivity index (χ1) is 12.4. The molecule has 0 spiro atoms. The van der Waals surface area contributed by atoms with Crippen molar-refractivity contribution in [3.05, 3.63) is 72.3 Å². The maximum Gasteiger partial charge on any atom is 0.255 e. The number of anilines is 2. The standard InChI is InChI=1S/C17H17N5O3S/c1-26(24,25)21-16-8-6-15(7-9-16)20-17(23)14-4-2-13(3-5-14)10-22-12-18-11-19-22/h2-9,11-12,21H,10H2,1H3,(H,20,23).